The van der Waals surface area contributed by atoms with E-state index in [0.717, 1.165) is 6.54 Å². The van der Waals surface area contributed by atoms with Crippen molar-refractivity contribution >= 4 is 28.9 Å². The third kappa shape index (κ3) is 4.73. The van der Waals surface area contributed by atoms with E-state index in [1.54, 1.807) is 18.2 Å². The van der Waals surface area contributed by atoms with Crippen LogP contribution in [0.15, 0.2) is 18.2 Å². The Morgan fingerprint density at radius 3 is 2.63 bits per heavy atom. The van der Waals surface area contributed by atoms with Crippen LogP contribution in [0.3, 0.4) is 0 Å². The molecule has 0 radical (unpaired) electrons. The number of amides is 1. The Morgan fingerprint density at radius 2 is 2.05 bits per heavy atom. The van der Waals surface area contributed by atoms with Gasteiger partial charge in [0.15, 0.2) is 0 Å². The van der Waals surface area contributed by atoms with E-state index < -0.39 is 0 Å². The number of likely N-dealkylation sites (N-methyl/N-ethyl adjacent to an activating group) is 1. The number of anilines is 2. The predicted octanol–water partition coefficient (Wildman–Crippen LogP) is 2.84. The van der Waals surface area contributed by atoms with Gasteiger partial charge >= 0.3 is 0 Å². The fraction of sp³-hybridized carbons (Fsp3) is 0.500. The van der Waals surface area contributed by atoms with Crippen molar-refractivity contribution in [3.8, 4) is 0 Å². The standard InChI is InChI=1S/C14H22ClN3O/c1-9(2)8-18(4)10(3)14(19)17-13-7-11(15)5-6-12(13)16/h5-7,9-10H,8,16H2,1-4H3,(H,17,19). The van der Waals surface area contributed by atoms with Gasteiger partial charge in [-0.05, 0) is 38.1 Å². The number of hydrogen-bond acceptors (Lipinski definition) is 3. The summed E-state index contributed by atoms with van der Waals surface area (Å²) in [6.45, 7) is 6.98. The number of hydrogen-bond donors (Lipinski definition) is 2. The normalized spacial score (nSPS) is 12.8. The number of carbonyl (C=O) groups excluding carboxylic acids is 1. The molecule has 1 aromatic carbocycles. The molecule has 4 nitrogen and oxygen atoms in total. The van der Waals surface area contributed by atoms with Crippen molar-refractivity contribution < 1.29 is 4.79 Å². The van der Waals surface area contributed by atoms with Gasteiger partial charge in [-0.1, -0.05) is 25.4 Å². The molecule has 106 valence electrons. The molecule has 1 amide bonds. The van der Waals surface area contributed by atoms with Gasteiger partial charge in [0.25, 0.3) is 0 Å². The molecule has 0 aliphatic heterocycles. The minimum absolute atomic E-state index is 0.0860. The Kier molecular flexibility index (Phi) is 5.63. The SMILES string of the molecule is CC(C)CN(C)C(C)C(=O)Nc1cc(Cl)ccc1N. The van der Waals surface area contributed by atoms with Crippen LogP contribution in [0.25, 0.3) is 0 Å². The van der Waals surface area contributed by atoms with Crippen LogP contribution in [0.2, 0.25) is 5.02 Å². The average molecular weight is 284 g/mol. The molecule has 0 aliphatic carbocycles. The highest BCUT2D eigenvalue weighted by molar-refractivity contribution is 6.31. The summed E-state index contributed by atoms with van der Waals surface area (Å²) >= 11 is 5.89. The van der Waals surface area contributed by atoms with Crippen LogP contribution < -0.4 is 11.1 Å². The van der Waals surface area contributed by atoms with Crippen molar-refractivity contribution in [1.82, 2.24) is 4.90 Å². The fourth-order valence-corrected chi connectivity index (χ4v) is 1.98. The van der Waals surface area contributed by atoms with E-state index in [1.807, 2.05) is 18.9 Å². The number of nitrogens with zero attached hydrogens (tertiary/aromatic N) is 1. The second-order valence-electron chi connectivity index (χ2n) is 5.23. The first-order valence-electron chi connectivity index (χ1n) is 6.37. The molecule has 3 N–H and O–H groups in total. The molecule has 1 aromatic rings. The van der Waals surface area contributed by atoms with Gasteiger partial charge in [-0.2, -0.15) is 0 Å². The van der Waals surface area contributed by atoms with E-state index in [9.17, 15) is 4.79 Å². The van der Waals surface area contributed by atoms with E-state index in [1.165, 1.54) is 0 Å². The molecule has 19 heavy (non-hydrogen) atoms. The molecule has 0 aromatic heterocycles. The highest BCUT2D eigenvalue weighted by Crippen LogP contribution is 2.23. The molecule has 0 bridgehead atoms. The van der Waals surface area contributed by atoms with Crippen LogP contribution in [-0.2, 0) is 4.79 Å². The van der Waals surface area contributed by atoms with Crippen molar-refractivity contribution in [3.05, 3.63) is 23.2 Å². The first-order chi connectivity index (χ1) is 8.81. The van der Waals surface area contributed by atoms with Gasteiger partial charge in [-0.3, -0.25) is 9.69 Å². The maximum atomic E-state index is 12.1. The monoisotopic (exact) mass is 283 g/mol. The van der Waals surface area contributed by atoms with Gasteiger partial charge < -0.3 is 11.1 Å². The minimum atomic E-state index is -0.221. The number of nitrogen functional groups attached to an aromatic ring is 1. The summed E-state index contributed by atoms with van der Waals surface area (Å²) in [5, 5.41) is 3.36. The first-order valence-corrected chi connectivity index (χ1v) is 6.75. The molecule has 1 rings (SSSR count). The number of halogens is 1. The number of nitrogens with one attached hydrogen (secondary N) is 1. The molecule has 0 heterocycles. The van der Waals surface area contributed by atoms with Gasteiger partial charge in [-0.15, -0.1) is 0 Å². The third-order valence-electron chi connectivity index (χ3n) is 2.97. The van der Waals surface area contributed by atoms with Gasteiger partial charge in [0.05, 0.1) is 17.4 Å². The quantitative estimate of drug-likeness (QED) is 0.817. The van der Waals surface area contributed by atoms with Gasteiger partial charge in [0.2, 0.25) is 5.91 Å². The summed E-state index contributed by atoms with van der Waals surface area (Å²) in [5.74, 6) is 0.425. The zero-order chi connectivity index (χ0) is 14.6. The van der Waals surface area contributed by atoms with Crippen LogP contribution >= 0.6 is 11.6 Å². The topological polar surface area (TPSA) is 58.4 Å². The molecular formula is C14H22ClN3O. The van der Waals surface area contributed by atoms with Crippen LogP contribution in [0.4, 0.5) is 11.4 Å². The number of benzene rings is 1. The zero-order valence-electron chi connectivity index (χ0n) is 11.9. The third-order valence-corrected chi connectivity index (χ3v) is 3.20. The van der Waals surface area contributed by atoms with Gasteiger partial charge in [0.1, 0.15) is 0 Å². The Morgan fingerprint density at radius 1 is 1.42 bits per heavy atom. The molecule has 0 saturated carbocycles. The zero-order valence-corrected chi connectivity index (χ0v) is 12.7. The van der Waals surface area contributed by atoms with Gasteiger partial charge in [0, 0.05) is 11.6 Å². The summed E-state index contributed by atoms with van der Waals surface area (Å²) in [4.78, 5) is 14.2. The van der Waals surface area contributed by atoms with Crippen molar-refractivity contribution in [1.29, 1.82) is 0 Å². The van der Waals surface area contributed by atoms with Crippen molar-refractivity contribution in [2.24, 2.45) is 5.92 Å². The van der Waals surface area contributed by atoms with Crippen molar-refractivity contribution in [3.63, 3.8) is 0 Å². The summed E-state index contributed by atoms with van der Waals surface area (Å²) in [6.07, 6.45) is 0. The van der Waals surface area contributed by atoms with E-state index in [-0.39, 0.29) is 11.9 Å². The minimum Gasteiger partial charge on any atom is -0.397 e. The molecule has 0 aliphatic rings. The summed E-state index contributed by atoms with van der Waals surface area (Å²) in [7, 11) is 1.94. The lowest BCUT2D eigenvalue weighted by Gasteiger charge is -2.25. The maximum absolute atomic E-state index is 12.1. The van der Waals surface area contributed by atoms with E-state index in [4.69, 9.17) is 17.3 Å². The lowest BCUT2D eigenvalue weighted by Crippen LogP contribution is -2.41. The Hall–Kier alpha value is -1.26. The highest BCUT2D eigenvalue weighted by atomic mass is 35.5. The first kappa shape index (κ1) is 15.8. The van der Waals surface area contributed by atoms with E-state index in [2.05, 4.69) is 19.2 Å². The Bertz CT molecular complexity index is 448. The van der Waals surface area contributed by atoms with Crippen LogP contribution in [0.1, 0.15) is 20.8 Å². The highest BCUT2D eigenvalue weighted by Gasteiger charge is 2.19. The van der Waals surface area contributed by atoms with E-state index in [0.29, 0.717) is 22.3 Å². The van der Waals surface area contributed by atoms with Gasteiger partial charge in [-0.25, -0.2) is 0 Å². The largest absolute Gasteiger partial charge is 0.397 e. The average Bonchev–Trinajstić information content (AvgIpc) is 2.31. The van der Waals surface area contributed by atoms with Crippen LogP contribution in [-0.4, -0.2) is 30.4 Å². The van der Waals surface area contributed by atoms with Crippen LogP contribution in [0, 0.1) is 5.92 Å². The second-order valence-corrected chi connectivity index (χ2v) is 5.67. The molecular weight excluding hydrogens is 262 g/mol. The van der Waals surface area contributed by atoms with Crippen molar-refractivity contribution in [2.75, 3.05) is 24.6 Å². The molecule has 1 atom stereocenters. The number of carbonyl (C=O) groups is 1. The second kappa shape index (κ2) is 6.78. The molecule has 1 unspecified atom stereocenters. The van der Waals surface area contributed by atoms with Crippen molar-refractivity contribution in [2.45, 2.75) is 26.8 Å². The summed E-state index contributed by atoms with van der Waals surface area (Å²) < 4.78 is 0. The molecule has 0 saturated heterocycles. The Labute approximate surface area is 119 Å². The molecule has 0 spiro atoms. The summed E-state index contributed by atoms with van der Waals surface area (Å²) in [5.41, 5.74) is 6.88. The molecule has 5 heteroatoms. The lowest BCUT2D eigenvalue weighted by atomic mass is 10.1. The van der Waals surface area contributed by atoms with E-state index >= 15 is 0 Å². The number of nitrogens with two attached hydrogens (primary N) is 1. The predicted molar refractivity (Wildman–Crippen MR) is 81.4 cm³/mol. The molecule has 0 fully saturated rings. The number of rotatable bonds is 5. The fourth-order valence-electron chi connectivity index (χ4n) is 1.81. The maximum Gasteiger partial charge on any atom is 0.241 e. The smallest absolute Gasteiger partial charge is 0.241 e. The Balaban J connectivity index is 2.71. The summed E-state index contributed by atoms with van der Waals surface area (Å²) in [6, 6.07) is 4.81. The van der Waals surface area contributed by atoms with Crippen LogP contribution in [0.5, 0.6) is 0 Å². The lowest BCUT2D eigenvalue weighted by molar-refractivity contribution is -0.120.